The van der Waals surface area contributed by atoms with E-state index in [1.54, 1.807) is 29.2 Å². The summed E-state index contributed by atoms with van der Waals surface area (Å²) in [5.41, 5.74) is 3.43. The van der Waals surface area contributed by atoms with E-state index in [-0.39, 0.29) is 12.6 Å². The van der Waals surface area contributed by atoms with Gasteiger partial charge in [0.15, 0.2) is 0 Å². The van der Waals surface area contributed by atoms with Crippen molar-refractivity contribution < 1.29 is 9.53 Å². The van der Waals surface area contributed by atoms with Crippen LogP contribution in [-0.2, 0) is 0 Å². The first-order chi connectivity index (χ1) is 12.6. The Hall–Kier alpha value is -3.33. The number of carbonyl (C=O) groups excluding carboxylic acids is 1. The van der Waals surface area contributed by atoms with Gasteiger partial charge < -0.3 is 10.1 Å². The average molecular weight is 348 g/mol. The molecular formula is C20H20N4O2. The summed E-state index contributed by atoms with van der Waals surface area (Å²) in [6.45, 7) is 5.37. The third kappa shape index (κ3) is 3.83. The lowest BCUT2D eigenvalue weighted by Gasteiger charge is -2.20. The van der Waals surface area contributed by atoms with Crippen LogP contribution in [0.15, 0.2) is 47.5 Å². The molecule has 1 aliphatic rings. The molecule has 2 aromatic rings. The topological polar surface area (TPSA) is 77.7 Å². The van der Waals surface area contributed by atoms with Gasteiger partial charge in [-0.2, -0.15) is 5.26 Å². The second kappa shape index (κ2) is 7.70. The van der Waals surface area contributed by atoms with Crippen LogP contribution < -0.4 is 10.1 Å². The van der Waals surface area contributed by atoms with Crippen molar-refractivity contribution >= 4 is 17.6 Å². The molecule has 2 amide bonds. The van der Waals surface area contributed by atoms with Crippen molar-refractivity contribution in [2.45, 2.75) is 13.8 Å². The predicted molar refractivity (Wildman–Crippen MR) is 101 cm³/mol. The van der Waals surface area contributed by atoms with E-state index in [4.69, 9.17) is 10.00 Å². The quantitative estimate of drug-likeness (QED) is 0.918. The summed E-state index contributed by atoms with van der Waals surface area (Å²) >= 11 is 0. The summed E-state index contributed by atoms with van der Waals surface area (Å²) in [7, 11) is 0. The smallest absolute Gasteiger partial charge is 0.327 e. The van der Waals surface area contributed by atoms with E-state index < -0.39 is 0 Å². The molecule has 6 heteroatoms. The van der Waals surface area contributed by atoms with Crippen LogP contribution in [0.3, 0.4) is 0 Å². The molecule has 0 aromatic heterocycles. The van der Waals surface area contributed by atoms with Crippen LogP contribution in [0.2, 0.25) is 0 Å². The van der Waals surface area contributed by atoms with Gasteiger partial charge in [-0.25, -0.2) is 4.79 Å². The van der Waals surface area contributed by atoms with Gasteiger partial charge in [0, 0.05) is 12.2 Å². The van der Waals surface area contributed by atoms with Gasteiger partial charge >= 0.3 is 6.03 Å². The van der Waals surface area contributed by atoms with E-state index in [1.807, 2.05) is 32.0 Å². The first kappa shape index (κ1) is 17.5. The zero-order chi connectivity index (χ0) is 18.5. The molecular weight excluding hydrogens is 328 g/mol. The number of ether oxygens (including phenoxy) is 1. The molecule has 0 bridgehead atoms. The molecule has 0 radical (unpaired) electrons. The summed E-state index contributed by atoms with van der Waals surface area (Å²) in [5, 5.41) is 11.7. The lowest BCUT2D eigenvalue weighted by atomic mass is 10.1. The maximum atomic E-state index is 12.5. The van der Waals surface area contributed by atoms with E-state index in [0.717, 1.165) is 16.9 Å². The van der Waals surface area contributed by atoms with Crippen LogP contribution in [0, 0.1) is 25.2 Å². The van der Waals surface area contributed by atoms with Gasteiger partial charge in [-0.1, -0.05) is 12.1 Å². The zero-order valence-electron chi connectivity index (χ0n) is 14.8. The minimum absolute atomic E-state index is 0.241. The van der Waals surface area contributed by atoms with Crippen molar-refractivity contribution in [3.8, 4) is 11.8 Å². The van der Waals surface area contributed by atoms with Gasteiger partial charge in [0.05, 0.1) is 18.2 Å². The molecule has 3 rings (SSSR count). The lowest BCUT2D eigenvalue weighted by molar-refractivity contribution is 0.234. The van der Waals surface area contributed by atoms with Gasteiger partial charge in [0.25, 0.3) is 0 Å². The number of amides is 2. The minimum atomic E-state index is -0.254. The zero-order valence-corrected chi connectivity index (χ0v) is 14.8. The molecule has 1 aliphatic heterocycles. The van der Waals surface area contributed by atoms with Crippen LogP contribution >= 0.6 is 0 Å². The third-order valence-electron chi connectivity index (χ3n) is 4.35. The Bertz CT molecular complexity index is 882. The van der Waals surface area contributed by atoms with Crippen LogP contribution in [0.4, 0.5) is 10.5 Å². The Morgan fingerprint density at radius 2 is 2.04 bits per heavy atom. The number of amidine groups is 1. The molecule has 0 spiro atoms. The maximum Gasteiger partial charge on any atom is 0.327 e. The van der Waals surface area contributed by atoms with Crippen molar-refractivity contribution in [2.75, 3.05) is 25.0 Å². The Morgan fingerprint density at radius 1 is 1.27 bits per heavy atom. The summed E-state index contributed by atoms with van der Waals surface area (Å²) in [5.74, 6) is 1.41. The van der Waals surface area contributed by atoms with E-state index in [1.165, 1.54) is 0 Å². The van der Waals surface area contributed by atoms with Crippen LogP contribution in [-0.4, -0.2) is 36.5 Å². The molecule has 1 N–H and O–H groups in total. The van der Waals surface area contributed by atoms with Crippen molar-refractivity contribution in [2.24, 2.45) is 4.99 Å². The number of urea groups is 1. The molecule has 132 valence electrons. The predicted octanol–water partition coefficient (Wildman–Crippen LogP) is 3.50. The van der Waals surface area contributed by atoms with Crippen molar-refractivity contribution in [1.29, 1.82) is 5.26 Å². The van der Waals surface area contributed by atoms with Gasteiger partial charge in [-0.05, 0) is 55.3 Å². The standard InChI is InChI=1S/C20H20N4O2/c1-14-4-3-5-18(15(14)2)26-13-19-22-10-11-24(19)20(25)23-17-8-6-16(12-21)7-9-17/h3-9H,10-11,13H2,1-2H3,(H,23,25). The highest BCUT2D eigenvalue weighted by Gasteiger charge is 2.24. The SMILES string of the molecule is Cc1cccc(OCC2=NCCN2C(=O)Nc2ccc(C#N)cc2)c1C. The lowest BCUT2D eigenvalue weighted by Crippen LogP contribution is -2.40. The second-order valence-corrected chi connectivity index (χ2v) is 6.06. The number of nitriles is 1. The summed E-state index contributed by atoms with van der Waals surface area (Å²) in [4.78, 5) is 18.5. The number of rotatable bonds is 4. The highest BCUT2D eigenvalue weighted by molar-refractivity contribution is 6.04. The number of hydrogen-bond acceptors (Lipinski definition) is 4. The molecule has 0 saturated carbocycles. The molecule has 26 heavy (non-hydrogen) atoms. The first-order valence-corrected chi connectivity index (χ1v) is 8.39. The van der Waals surface area contributed by atoms with E-state index >= 15 is 0 Å². The number of benzene rings is 2. The average Bonchev–Trinajstić information content (AvgIpc) is 3.12. The van der Waals surface area contributed by atoms with Gasteiger partial charge in [-0.3, -0.25) is 9.89 Å². The number of nitrogens with one attached hydrogen (secondary N) is 1. The van der Waals surface area contributed by atoms with Crippen LogP contribution in [0.5, 0.6) is 5.75 Å². The fourth-order valence-corrected chi connectivity index (χ4v) is 2.68. The molecule has 2 aromatic carbocycles. The number of anilines is 1. The fourth-order valence-electron chi connectivity index (χ4n) is 2.68. The Labute approximate surface area is 152 Å². The molecule has 0 atom stereocenters. The number of aryl methyl sites for hydroxylation is 1. The Kier molecular flexibility index (Phi) is 5.18. The highest BCUT2D eigenvalue weighted by Crippen LogP contribution is 2.21. The largest absolute Gasteiger partial charge is 0.485 e. The van der Waals surface area contributed by atoms with Gasteiger partial charge in [0.1, 0.15) is 18.2 Å². The van der Waals surface area contributed by atoms with E-state index in [2.05, 4.69) is 16.4 Å². The summed E-state index contributed by atoms with van der Waals surface area (Å²) in [6.07, 6.45) is 0. The monoisotopic (exact) mass is 348 g/mol. The van der Waals surface area contributed by atoms with E-state index in [0.29, 0.717) is 30.2 Å². The summed E-state index contributed by atoms with van der Waals surface area (Å²) in [6, 6.07) is 14.4. The molecule has 0 saturated heterocycles. The molecule has 1 heterocycles. The Balaban J connectivity index is 1.62. The number of aliphatic imine (C=N–C) groups is 1. The molecule has 0 fully saturated rings. The number of hydrogen-bond donors (Lipinski definition) is 1. The van der Waals surface area contributed by atoms with Crippen molar-refractivity contribution in [1.82, 2.24) is 4.90 Å². The van der Waals surface area contributed by atoms with Gasteiger partial charge in [0.2, 0.25) is 0 Å². The second-order valence-electron chi connectivity index (χ2n) is 6.06. The fraction of sp³-hybridized carbons (Fsp3) is 0.250. The third-order valence-corrected chi connectivity index (χ3v) is 4.35. The highest BCUT2D eigenvalue weighted by atomic mass is 16.5. The van der Waals surface area contributed by atoms with Crippen molar-refractivity contribution in [3.63, 3.8) is 0 Å². The van der Waals surface area contributed by atoms with Crippen LogP contribution in [0.25, 0.3) is 0 Å². The van der Waals surface area contributed by atoms with E-state index in [9.17, 15) is 4.79 Å². The number of carbonyl (C=O) groups is 1. The van der Waals surface area contributed by atoms with Crippen LogP contribution in [0.1, 0.15) is 16.7 Å². The molecule has 0 unspecified atom stereocenters. The molecule has 0 aliphatic carbocycles. The number of nitrogens with zero attached hydrogens (tertiary/aromatic N) is 3. The minimum Gasteiger partial charge on any atom is -0.485 e. The van der Waals surface area contributed by atoms with Gasteiger partial charge in [-0.15, -0.1) is 0 Å². The normalized spacial score (nSPS) is 13.1. The first-order valence-electron chi connectivity index (χ1n) is 8.39. The van der Waals surface area contributed by atoms with Crippen molar-refractivity contribution in [3.05, 3.63) is 59.2 Å². The Morgan fingerprint density at radius 3 is 2.77 bits per heavy atom. The summed E-state index contributed by atoms with van der Waals surface area (Å²) < 4.78 is 5.87. The molecule has 6 nitrogen and oxygen atoms in total. The maximum absolute atomic E-state index is 12.5.